The maximum atomic E-state index is 11.8. The van der Waals surface area contributed by atoms with Crippen LogP contribution in [0.4, 0.5) is 5.69 Å². The van der Waals surface area contributed by atoms with Gasteiger partial charge in [-0.2, -0.15) is 0 Å². The molecule has 1 fully saturated rings. The second-order valence-corrected chi connectivity index (χ2v) is 5.87. The minimum atomic E-state index is -0.449. The third-order valence-electron chi connectivity index (χ3n) is 3.88. The van der Waals surface area contributed by atoms with Crippen LogP contribution in [0.3, 0.4) is 0 Å². The number of esters is 1. The zero-order valence-electron chi connectivity index (χ0n) is 12.4. The van der Waals surface area contributed by atoms with Crippen molar-refractivity contribution in [3.8, 4) is 5.75 Å². The number of hydrogen-bond donors (Lipinski definition) is 1. The van der Waals surface area contributed by atoms with Gasteiger partial charge in [-0.15, -0.1) is 0 Å². The molecule has 0 aliphatic heterocycles. The summed E-state index contributed by atoms with van der Waals surface area (Å²) in [4.78, 5) is 11.8. The molecule has 0 aromatic heterocycles. The molecule has 4 nitrogen and oxygen atoms in total. The lowest BCUT2D eigenvalue weighted by Gasteiger charge is -2.32. The van der Waals surface area contributed by atoms with Gasteiger partial charge in [0.2, 0.25) is 0 Å². The predicted octanol–water partition coefficient (Wildman–Crippen LogP) is 3.26. The van der Waals surface area contributed by atoms with Crippen LogP contribution in [0, 0.1) is 11.8 Å². The highest BCUT2D eigenvalue weighted by Crippen LogP contribution is 2.33. The Morgan fingerprint density at radius 2 is 1.85 bits per heavy atom. The number of ether oxygens (including phenoxy) is 2. The molecule has 2 rings (SSSR count). The Bertz CT molecular complexity index is 477. The van der Waals surface area contributed by atoms with Crippen LogP contribution < -0.4 is 10.5 Å². The van der Waals surface area contributed by atoms with Crippen molar-refractivity contribution in [2.45, 2.75) is 39.2 Å². The van der Waals surface area contributed by atoms with E-state index in [1.807, 2.05) is 0 Å². The van der Waals surface area contributed by atoms with Gasteiger partial charge in [-0.05, 0) is 43.2 Å². The number of benzene rings is 1. The molecule has 1 aromatic carbocycles. The van der Waals surface area contributed by atoms with Gasteiger partial charge in [0.05, 0.1) is 13.2 Å². The fourth-order valence-electron chi connectivity index (χ4n) is 3.12. The van der Waals surface area contributed by atoms with Gasteiger partial charge >= 0.3 is 5.97 Å². The van der Waals surface area contributed by atoms with E-state index in [1.165, 1.54) is 13.5 Å². The highest BCUT2D eigenvalue weighted by molar-refractivity contribution is 5.98. The van der Waals surface area contributed by atoms with E-state index in [9.17, 15) is 4.79 Å². The molecule has 4 heteroatoms. The van der Waals surface area contributed by atoms with Crippen molar-refractivity contribution in [2.24, 2.45) is 11.8 Å². The van der Waals surface area contributed by atoms with Gasteiger partial charge in [0.15, 0.2) is 0 Å². The number of methoxy groups -OCH3 is 1. The lowest BCUT2D eigenvalue weighted by atomic mass is 9.82. The van der Waals surface area contributed by atoms with Crippen LogP contribution in [0.2, 0.25) is 0 Å². The van der Waals surface area contributed by atoms with Gasteiger partial charge in [0.1, 0.15) is 11.3 Å². The number of anilines is 1. The predicted molar refractivity (Wildman–Crippen MR) is 78.8 cm³/mol. The van der Waals surface area contributed by atoms with E-state index in [4.69, 9.17) is 15.2 Å². The van der Waals surface area contributed by atoms with E-state index in [0.29, 0.717) is 28.8 Å². The number of carbonyl (C=O) groups is 1. The van der Waals surface area contributed by atoms with Crippen molar-refractivity contribution >= 4 is 11.7 Å². The van der Waals surface area contributed by atoms with Crippen LogP contribution >= 0.6 is 0 Å². The molecule has 0 heterocycles. The third kappa shape index (κ3) is 3.24. The summed E-state index contributed by atoms with van der Waals surface area (Å²) in [6, 6.07) is 5.27. The average Bonchev–Trinajstić information content (AvgIpc) is 2.37. The van der Waals surface area contributed by atoms with E-state index in [0.717, 1.165) is 12.8 Å². The molecule has 20 heavy (non-hydrogen) atoms. The summed E-state index contributed by atoms with van der Waals surface area (Å²) >= 11 is 0. The van der Waals surface area contributed by atoms with Crippen LogP contribution in [0.1, 0.15) is 43.5 Å². The second-order valence-electron chi connectivity index (χ2n) is 5.87. The van der Waals surface area contributed by atoms with Crippen molar-refractivity contribution in [2.75, 3.05) is 12.8 Å². The molecule has 0 amide bonds. The van der Waals surface area contributed by atoms with Gasteiger partial charge in [-0.25, -0.2) is 4.79 Å². The number of carbonyl (C=O) groups excluding carboxylic acids is 1. The van der Waals surface area contributed by atoms with Crippen molar-refractivity contribution < 1.29 is 14.3 Å². The molecule has 2 atom stereocenters. The summed E-state index contributed by atoms with van der Waals surface area (Å²) in [7, 11) is 1.35. The van der Waals surface area contributed by atoms with Gasteiger partial charge < -0.3 is 15.2 Å². The molecule has 2 unspecified atom stereocenters. The van der Waals surface area contributed by atoms with Crippen molar-refractivity contribution in [3.63, 3.8) is 0 Å². The maximum absolute atomic E-state index is 11.8. The average molecular weight is 277 g/mol. The van der Waals surface area contributed by atoms with Crippen molar-refractivity contribution in [1.29, 1.82) is 0 Å². The molecule has 0 radical (unpaired) electrons. The Kier molecular flexibility index (Phi) is 4.53. The topological polar surface area (TPSA) is 61.5 Å². The number of rotatable bonds is 3. The fourth-order valence-corrected chi connectivity index (χ4v) is 3.12. The molecular formula is C16H23NO3. The van der Waals surface area contributed by atoms with Gasteiger partial charge in [-0.1, -0.05) is 19.9 Å². The minimum Gasteiger partial charge on any atom is -0.489 e. The SMILES string of the molecule is COC(=O)c1c(N)cccc1OC1CC(C)CC(C)C1. The lowest BCUT2D eigenvalue weighted by Crippen LogP contribution is -2.29. The minimum absolute atomic E-state index is 0.138. The zero-order valence-corrected chi connectivity index (χ0v) is 12.4. The van der Waals surface area contributed by atoms with E-state index in [1.54, 1.807) is 18.2 Å². The fraction of sp³-hybridized carbons (Fsp3) is 0.562. The van der Waals surface area contributed by atoms with Gasteiger partial charge in [0, 0.05) is 5.69 Å². The summed E-state index contributed by atoms with van der Waals surface area (Å²) in [5, 5.41) is 0. The highest BCUT2D eigenvalue weighted by atomic mass is 16.5. The second kappa shape index (κ2) is 6.16. The molecule has 110 valence electrons. The summed E-state index contributed by atoms with van der Waals surface area (Å²) in [6.45, 7) is 4.49. The first kappa shape index (κ1) is 14.7. The highest BCUT2D eigenvalue weighted by Gasteiger charge is 2.27. The summed E-state index contributed by atoms with van der Waals surface area (Å²) in [5.41, 5.74) is 6.61. The Hall–Kier alpha value is -1.71. The van der Waals surface area contributed by atoms with Crippen LogP contribution in [0.25, 0.3) is 0 Å². The molecular weight excluding hydrogens is 254 g/mol. The number of nitrogens with two attached hydrogens (primary N) is 1. The standard InChI is InChI=1S/C16H23NO3/c1-10-7-11(2)9-12(8-10)20-14-6-4-5-13(17)15(14)16(18)19-3/h4-6,10-12H,7-9,17H2,1-3H3. The quantitative estimate of drug-likeness (QED) is 0.680. The molecule has 1 aliphatic carbocycles. The van der Waals surface area contributed by atoms with Gasteiger partial charge in [0.25, 0.3) is 0 Å². The molecule has 0 saturated heterocycles. The molecule has 1 saturated carbocycles. The number of hydrogen-bond acceptors (Lipinski definition) is 4. The first-order valence-corrected chi connectivity index (χ1v) is 7.14. The van der Waals surface area contributed by atoms with E-state index < -0.39 is 5.97 Å². The Labute approximate surface area is 120 Å². The van der Waals surface area contributed by atoms with Crippen LogP contribution in [0.5, 0.6) is 5.75 Å². The lowest BCUT2D eigenvalue weighted by molar-refractivity contribution is 0.0584. The summed E-state index contributed by atoms with van der Waals surface area (Å²) in [6.07, 6.45) is 3.40. The summed E-state index contributed by atoms with van der Waals surface area (Å²) < 4.78 is 10.8. The Morgan fingerprint density at radius 3 is 2.45 bits per heavy atom. The summed E-state index contributed by atoms with van der Waals surface area (Å²) in [5.74, 6) is 1.37. The molecule has 0 spiro atoms. The van der Waals surface area contributed by atoms with Crippen LogP contribution in [-0.4, -0.2) is 19.2 Å². The smallest absolute Gasteiger partial charge is 0.343 e. The Balaban J connectivity index is 2.20. The van der Waals surface area contributed by atoms with Crippen LogP contribution in [-0.2, 0) is 4.74 Å². The maximum Gasteiger partial charge on any atom is 0.343 e. The number of nitrogen functional groups attached to an aromatic ring is 1. The third-order valence-corrected chi connectivity index (χ3v) is 3.88. The molecule has 1 aliphatic rings. The molecule has 0 bridgehead atoms. The van der Waals surface area contributed by atoms with Crippen LogP contribution in [0.15, 0.2) is 18.2 Å². The first-order chi connectivity index (χ1) is 9.51. The van der Waals surface area contributed by atoms with Gasteiger partial charge in [-0.3, -0.25) is 0 Å². The van der Waals surface area contributed by atoms with Crippen molar-refractivity contribution in [1.82, 2.24) is 0 Å². The van der Waals surface area contributed by atoms with E-state index in [-0.39, 0.29) is 6.10 Å². The molecule has 2 N–H and O–H groups in total. The van der Waals surface area contributed by atoms with Crippen molar-refractivity contribution in [3.05, 3.63) is 23.8 Å². The van der Waals surface area contributed by atoms with E-state index >= 15 is 0 Å². The monoisotopic (exact) mass is 277 g/mol. The Morgan fingerprint density at radius 1 is 1.20 bits per heavy atom. The molecule has 1 aromatic rings. The first-order valence-electron chi connectivity index (χ1n) is 7.14. The largest absolute Gasteiger partial charge is 0.489 e. The zero-order chi connectivity index (χ0) is 14.7. The van der Waals surface area contributed by atoms with E-state index in [2.05, 4.69) is 13.8 Å². The normalized spacial score (nSPS) is 26.1.